The van der Waals surface area contributed by atoms with Crippen molar-refractivity contribution < 1.29 is 14.0 Å². The first kappa shape index (κ1) is 21.8. The van der Waals surface area contributed by atoms with Gasteiger partial charge in [-0.05, 0) is 62.3 Å². The van der Waals surface area contributed by atoms with Gasteiger partial charge in [-0.15, -0.1) is 0 Å². The number of benzene rings is 1. The van der Waals surface area contributed by atoms with Gasteiger partial charge < -0.3 is 10.6 Å². The van der Waals surface area contributed by atoms with Crippen LogP contribution >= 0.6 is 0 Å². The summed E-state index contributed by atoms with van der Waals surface area (Å²) in [4.78, 5) is 28.6. The smallest absolute Gasteiger partial charge is 0.237 e. The van der Waals surface area contributed by atoms with Gasteiger partial charge in [0.25, 0.3) is 0 Å². The Bertz CT molecular complexity index is 673. The van der Waals surface area contributed by atoms with Crippen molar-refractivity contribution in [1.29, 1.82) is 0 Å². The standard InChI is InChI=1S/C23H34FN3O2/c24-20-11-8-19(9-12-20)16-27(21-6-2-1-3-7-21)23(29)17-26-14-4-5-18(15-26)10-13-22(25)28/h8-9,11-12,18,21H,1-7,10,13-17H2,(H2,25,28). The van der Waals surface area contributed by atoms with Crippen molar-refractivity contribution in [2.24, 2.45) is 11.7 Å². The van der Waals surface area contributed by atoms with E-state index in [0.29, 0.717) is 25.4 Å². The normalized spacial score (nSPS) is 21.1. The lowest BCUT2D eigenvalue weighted by Gasteiger charge is -2.38. The topological polar surface area (TPSA) is 66.6 Å². The van der Waals surface area contributed by atoms with Crippen molar-refractivity contribution in [3.63, 3.8) is 0 Å². The first-order valence-corrected chi connectivity index (χ1v) is 11.1. The number of carbonyl (C=O) groups excluding carboxylic acids is 2. The summed E-state index contributed by atoms with van der Waals surface area (Å²) in [5.74, 6) is 0.0987. The maximum atomic E-state index is 13.3. The van der Waals surface area contributed by atoms with Gasteiger partial charge in [-0.1, -0.05) is 31.4 Å². The van der Waals surface area contributed by atoms with Gasteiger partial charge in [0.15, 0.2) is 0 Å². The average molecular weight is 404 g/mol. The lowest BCUT2D eigenvalue weighted by Crippen LogP contribution is -2.48. The summed E-state index contributed by atoms with van der Waals surface area (Å²) < 4.78 is 13.3. The number of likely N-dealkylation sites (tertiary alicyclic amines) is 1. The molecule has 0 aromatic heterocycles. The van der Waals surface area contributed by atoms with Crippen LogP contribution in [0, 0.1) is 11.7 Å². The largest absolute Gasteiger partial charge is 0.370 e. The Kier molecular flexibility index (Phi) is 8.04. The van der Waals surface area contributed by atoms with E-state index in [9.17, 15) is 14.0 Å². The monoisotopic (exact) mass is 403 g/mol. The third-order valence-electron chi connectivity index (χ3n) is 6.36. The Hall–Kier alpha value is -1.95. The molecular weight excluding hydrogens is 369 g/mol. The molecule has 160 valence electrons. The van der Waals surface area contributed by atoms with Crippen LogP contribution < -0.4 is 5.73 Å². The minimum Gasteiger partial charge on any atom is -0.370 e. The van der Waals surface area contributed by atoms with Gasteiger partial charge in [0.1, 0.15) is 5.82 Å². The summed E-state index contributed by atoms with van der Waals surface area (Å²) in [6, 6.07) is 6.76. The number of nitrogens with zero attached hydrogens (tertiary/aromatic N) is 2. The third kappa shape index (κ3) is 6.81. The number of piperidine rings is 1. The maximum Gasteiger partial charge on any atom is 0.237 e. The summed E-state index contributed by atoms with van der Waals surface area (Å²) >= 11 is 0. The van der Waals surface area contributed by atoms with Crippen molar-refractivity contribution in [2.75, 3.05) is 19.6 Å². The molecule has 1 heterocycles. The van der Waals surface area contributed by atoms with E-state index in [-0.39, 0.29) is 23.7 Å². The predicted octanol–water partition coefficient (Wildman–Crippen LogP) is 3.46. The Morgan fingerprint density at radius 2 is 1.79 bits per heavy atom. The highest BCUT2D eigenvalue weighted by atomic mass is 19.1. The quantitative estimate of drug-likeness (QED) is 0.723. The van der Waals surface area contributed by atoms with Crippen molar-refractivity contribution in [3.8, 4) is 0 Å². The highest BCUT2D eigenvalue weighted by molar-refractivity contribution is 5.78. The molecule has 2 amide bonds. The van der Waals surface area contributed by atoms with Crippen LogP contribution in [0.2, 0.25) is 0 Å². The van der Waals surface area contributed by atoms with E-state index in [1.165, 1.54) is 18.6 Å². The molecule has 1 saturated carbocycles. The zero-order valence-corrected chi connectivity index (χ0v) is 17.3. The molecular formula is C23H34FN3O2. The van der Waals surface area contributed by atoms with Gasteiger partial charge in [-0.2, -0.15) is 0 Å². The highest BCUT2D eigenvalue weighted by Crippen LogP contribution is 2.26. The Morgan fingerprint density at radius 3 is 2.48 bits per heavy atom. The van der Waals surface area contributed by atoms with Crippen molar-refractivity contribution in [2.45, 2.75) is 70.4 Å². The van der Waals surface area contributed by atoms with Crippen LogP contribution in [0.25, 0.3) is 0 Å². The van der Waals surface area contributed by atoms with Crippen LogP contribution in [-0.4, -0.2) is 47.3 Å². The van der Waals surface area contributed by atoms with Gasteiger partial charge in [0.2, 0.25) is 11.8 Å². The summed E-state index contributed by atoms with van der Waals surface area (Å²) in [6.07, 6.45) is 9.05. The number of nitrogens with two attached hydrogens (primary N) is 1. The third-order valence-corrected chi connectivity index (χ3v) is 6.36. The zero-order chi connectivity index (χ0) is 20.6. The van der Waals surface area contributed by atoms with Crippen LogP contribution in [0.3, 0.4) is 0 Å². The number of amides is 2. The minimum atomic E-state index is -0.250. The Labute approximate surface area is 173 Å². The number of hydrogen-bond acceptors (Lipinski definition) is 3. The number of hydrogen-bond donors (Lipinski definition) is 1. The van der Waals surface area contributed by atoms with Gasteiger partial charge in [-0.25, -0.2) is 4.39 Å². The second-order valence-corrected chi connectivity index (χ2v) is 8.69. The summed E-state index contributed by atoms with van der Waals surface area (Å²) in [5, 5.41) is 0. The summed E-state index contributed by atoms with van der Waals surface area (Å²) in [7, 11) is 0. The molecule has 3 rings (SSSR count). The number of primary amides is 1. The molecule has 2 N–H and O–H groups in total. The molecule has 2 fully saturated rings. The van der Waals surface area contributed by atoms with Gasteiger partial charge in [0, 0.05) is 25.6 Å². The first-order valence-electron chi connectivity index (χ1n) is 11.1. The van der Waals surface area contributed by atoms with Gasteiger partial charge in [0.05, 0.1) is 6.54 Å². The number of rotatable bonds is 8. The summed E-state index contributed by atoms with van der Waals surface area (Å²) in [6.45, 7) is 2.75. The second kappa shape index (κ2) is 10.7. The van der Waals surface area contributed by atoms with Crippen LogP contribution in [-0.2, 0) is 16.1 Å². The van der Waals surface area contributed by atoms with Crippen molar-refractivity contribution in [1.82, 2.24) is 9.80 Å². The van der Waals surface area contributed by atoms with Gasteiger partial charge >= 0.3 is 0 Å². The Morgan fingerprint density at radius 1 is 1.07 bits per heavy atom. The van der Waals surface area contributed by atoms with E-state index in [0.717, 1.165) is 63.6 Å². The first-order chi connectivity index (χ1) is 14.0. The fourth-order valence-corrected chi connectivity index (χ4v) is 4.76. The molecule has 1 aliphatic heterocycles. The fourth-order valence-electron chi connectivity index (χ4n) is 4.76. The molecule has 29 heavy (non-hydrogen) atoms. The zero-order valence-electron chi connectivity index (χ0n) is 17.3. The average Bonchev–Trinajstić information content (AvgIpc) is 2.72. The summed E-state index contributed by atoms with van der Waals surface area (Å²) in [5.41, 5.74) is 6.27. The molecule has 2 aliphatic rings. The molecule has 1 unspecified atom stereocenters. The molecule has 6 heteroatoms. The van der Waals surface area contributed by atoms with Crippen LogP contribution in [0.4, 0.5) is 4.39 Å². The second-order valence-electron chi connectivity index (χ2n) is 8.69. The molecule has 1 atom stereocenters. The van der Waals surface area contributed by atoms with E-state index in [4.69, 9.17) is 5.73 Å². The molecule has 1 saturated heterocycles. The molecule has 5 nitrogen and oxygen atoms in total. The highest BCUT2D eigenvalue weighted by Gasteiger charge is 2.28. The van der Waals surface area contributed by atoms with E-state index in [1.807, 2.05) is 4.90 Å². The minimum absolute atomic E-state index is 0.164. The lowest BCUT2D eigenvalue weighted by atomic mass is 9.92. The van der Waals surface area contributed by atoms with Crippen molar-refractivity contribution >= 4 is 11.8 Å². The molecule has 1 aliphatic carbocycles. The van der Waals surface area contributed by atoms with Crippen molar-refractivity contribution in [3.05, 3.63) is 35.6 Å². The number of halogens is 1. The predicted molar refractivity (Wildman–Crippen MR) is 111 cm³/mol. The lowest BCUT2D eigenvalue weighted by molar-refractivity contribution is -0.136. The SMILES string of the molecule is NC(=O)CCC1CCCN(CC(=O)N(Cc2ccc(F)cc2)C2CCCCC2)C1. The van der Waals surface area contributed by atoms with Gasteiger partial charge in [-0.3, -0.25) is 14.5 Å². The molecule has 1 aromatic carbocycles. The Balaban J connectivity index is 1.62. The van der Waals surface area contributed by atoms with Crippen LogP contribution in [0.5, 0.6) is 0 Å². The van der Waals surface area contributed by atoms with E-state index < -0.39 is 0 Å². The maximum absolute atomic E-state index is 13.3. The van der Waals surface area contributed by atoms with E-state index in [1.54, 1.807) is 12.1 Å². The van der Waals surface area contributed by atoms with Crippen LogP contribution in [0.15, 0.2) is 24.3 Å². The fraction of sp³-hybridized carbons (Fsp3) is 0.652. The number of carbonyl (C=O) groups is 2. The van der Waals surface area contributed by atoms with E-state index >= 15 is 0 Å². The molecule has 1 aromatic rings. The molecule has 0 bridgehead atoms. The molecule has 0 radical (unpaired) electrons. The van der Waals surface area contributed by atoms with Crippen LogP contribution in [0.1, 0.15) is 63.4 Å². The molecule has 0 spiro atoms. The van der Waals surface area contributed by atoms with E-state index in [2.05, 4.69) is 4.90 Å².